The second-order valence-electron chi connectivity index (χ2n) is 7.59. The summed E-state index contributed by atoms with van der Waals surface area (Å²) in [5.41, 5.74) is 5.88. The van der Waals surface area contributed by atoms with Crippen molar-refractivity contribution in [2.24, 2.45) is 0 Å². The van der Waals surface area contributed by atoms with Crippen molar-refractivity contribution in [3.63, 3.8) is 0 Å². The normalized spacial score (nSPS) is 11.8. The van der Waals surface area contributed by atoms with Gasteiger partial charge in [0, 0.05) is 29.2 Å². The lowest BCUT2D eigenvalue weighted by atomic mass is 9.96. The SMILES string of the molecule is Cc1cc(-c2cc(CS(C)(=O)=O)ccc2Cc2ccc(Cl)cc2)n2cc[nH]c(=O)c12. The van der Waals surface area contributed by atoms with E-state index in [0.29, 0.717) is 22.5 Å². The molecule has 0 saturated carbocycles. The monoisotopic (exact) mass is 440 g/mol. The van der Waals surface area contributed by atoms with Crippen LogP contribution in [-0.4, -0.2) is 24.1 Å². The number of nitrogens with zero attached hydrogens (tertiary/aromatic N) is 1. The highest BCUT2D eigenvalue weighted by molar-refractivity contribution is 7.89. The molecule has 0 aliphatic carbocycles. The Labute approximate surface area is 179 Å². The van der Waals surface area contributed by atoms with Crippen molar-refractivity contribution in [2.75, 3.05) is 6.26 Å². The van der Waals surface area contributed by atoms with Crippen LogP contribution in [0.2, 0.25) is 5.02 Å². The van der Waals surface area contributed by atoms with Gasteiger partial charge in [0.15, 0.2) is 9.84 Å². The molecule has 0 unspecified atom stereocenters. The molecule has 2 aromatic heterocycles. The molecule has 0 aliphatic heterocycles. The first-order chi connectivity index (χ1) is 14.2. The van der Waals surface area contributed by atoms with Crippen LogP contribution in [0.3, 0.4) is 0 Å². The third kappa shape index (κ3) is 4.20. The summed E-state index contributed by atoms with van der Waals surface area (Å²) in [5.74, 6) is -0.0376. The van der Waals surface area contributed by atoms with Crippen LogP contribution in [0.15, 0.2) is 65.7 Å². The van der Waals surface area contributed by atoms with Crippen molar-refractivity contribution in [1.82, 2.24) is 9.38 Å². The minimum Gasteiger partial charge on any atom is -0.326 e. The number of hydrogen-bond donors (Lipinski definition) is 1. The van der Waals surface area contributed by atoms with E-state index in [0.717, 1.165) is 27.9 Å². The minimum absolute atomic E-state index is 0.0376. The lowest BCUT2D eigenvalue weighted by molar-refractivity contribution is 0.601. The summed E-state index contributed by atoms with van der Waals surface area (Å²) >= 11 is 6.01. The molecule has 2 aromatic carbocycles. The summed E-state index contributed by atoms with van der Waals surface area (Å²) in [6.45, 7) is 1.90. The summed E-state index contributed by atoms with van der Waals surface area (Å²) < 4.78 is 25.6. The lowest BCUT2D eigenvalue weighted by Gasteiger charge is -2.13. The largest absolute Gasteiger partial charge is 0.326 e. The van der Waals surface area contributed by atoms with Crippen LogP contribution in [0.25, 0.3) is 16.8 Å². The van der Waals surface area contributed by atoms with Gasteiger partial charge >= 0.3 is 0 Å². The Morgan fingerprint density at radius 3 is 2.43 bits per heavy atom. The van der Waals surface area contributed by atoms with Gasteiger partial charge in [-0.2, -0.15) is 0 Å². The number of aromatic amines is 1. The highest BCUT2D eigenvalue weighted by Crippen LogP contribution is 2.30. The molecule has 0 bridgehead atoms. The van der Waals surface area contributed by atoms with Gasteiger partial charge in [0.2, 0.25) is 0 Å². The molecule has 1 N–H and O–H groups in total. The van der Waals surface area contributed by atoms with Crippen molar-refractivity contribution in [3.05, 3.63) is 98.6 Å². The van der Waals surface area contributed by atoms with Gasteiger partial charge in [0.25, 0.3) is 5.56 Å². The molecular formula is C23H21ClN2O3S. The van der Waals surface area contributed by atoms with Gasteiger partial charge in [-0.05, 0) is 59.9 Å². The number of benzene rings is 2. The Morgan fingerprint density at radius 2 is 1.73 bits per heavy atom. The minimum atomic E-state index is -3.17. The van der Waals surface area contributed by atoms with E-state index in [4.69, 9.17) is 11.6 Å². The Morgan fingerprint density at radius 1 is 1.03 bits per heavy atom. The van der Waals surface area contributed by atoms with Crippen LogP contribution in [0.4, 0.5) is 0 Å². The summed E-state index contributed by atoms with van der Waals surface area (Å²) in [6, 6.07) is 15.4. The van der Waals surface area contributed by atoms with Crippen LogP contribution >= 0.6 is 11.6 Å². The highest BCUT2D eigenvalue weighted by atomic mass is 35.5. The molecule has 0 saturated heterocycles. The second-order valence-corrected chi connectivity index (χ2v) is 10.2. The van der Waals surface area contributed by atoms with Gasteiger partial charge in [0.1, 0.15) is 5.52 Å². The van der Waals surface area contributed by atoms with E-state index < -0.39 is 9.84 Å². The summed E-state index contributed by atoms with van der Waals surface area (Å²) in [6.07, 6.45) is 5.30. The Hall–Kier alpha value is -2.83. The highest BCUT2D eigenvalue weighted by Gasteiger charge is 2.16. The van der Waals surface area contributed by atoms with Crippen molar-refractivity contribution in [3.8, 4) is 11.3 Å². The van der Waals surface area contributed by atoms with Crippen molar-refractivity contribution in [2.45, 2.75) is 19.1 Å². The van der Waals surface area contributed by atoms with E-state index in [9.17, 15) is 13.2 Å². The van der Waals surface area contributed by atoms with Crippen LogP contribution < -0.4 is 5.56 Å². The van der Waals surface area contributed by atoms with Crippen molar-refractivity contribution in [1.29, 1.82) is 0 Å². The van der Waals surface area contributed by atoms with E-state index in [1.165, 1.54) is 6.26 Å². The Kier molecular flexibility index (Phi) is 5.30. The number of aromatic nitrogens is 2. The zero-order chi connectivity index (χ0) is 21.5. The number of fused-ring (bicyclic) bond motifs is 1. The van der Waals surface area contributed by atoms with Crippen molar-refractivity contribution >= 4 is 27.0 Å². The van der Waals surface area contributed by atoms with Gasteiger partial charge in [-0.25, -0.2) is 8.42 Å². The maximum atomic E-state index is 12.3. The number of H-pyrrole nitrogens is 1. The molecule has 0 amide bonds. The maximum absolute atomic E-state index is 12.3. The van der Waals surface area contributed by atoms with Gasteiger partial charge in [0.05, 0.1) is 11.4 Å². The Balaban J connectivity index is 1.91. The van der Waals surface area contributed by atoms with E-state index in [-0.39, 0.29) is 11.3 Å². The molecule has 4 rings (SSSR count). The first-order valence-corrected chi connectivity index (χ1v) is 11.9. The smallest absolute Gasteiger partial charge is 0.272 e. The fraction of sp³-hybridized carbons (Fsp3) is 0.174. The number of rotatable bonds is 5. The average molecular weight is 441 g/mol. The quantitative estimate of drug-likeness (QED) is 0.500. The molecule has 0 fully saturated rings. The molecular weight excluding hydrogens is 420 g/mol. The standard InChI is InChI=1S/C23H21ClN2O3S/c1-15-11-21(26-10-9-25-23(27)22(15)26)20-13-17(14-30(2,28)29)3-6-18(20)12-16-4-7-19(24)8-5-16/h3-11,13H,12,14H2,1-2H3,(H,25,27). The molecule has 7 heteroatoms. The zero-order valence-corrected chi connectivity index (χ0v) is 18.2. The van der Waals surface area contributed by atoms with Crippen LogP contribution in [-0.2, 0) is 22.0 Å². The fourth-order valence-electron chi connectivity index (χ4n) is 3.79. The zero-order valence-electron chi connectivity index (χ0n) is 16.6. The molecule has 5 nitrogen and oxygen atoms in total. The lowest BCUT2D eigenvalue weighted by Crippen LogP contribution is -2.09. The molecule has 0 aliphatic rings. The van der Waals surface area contributed by atoms with Gasteiger partial charge < -0.3 is 9.38 Å². The van der Waals surface area contributed by atoms with Crippen LogP contribution in [0.5, 0.6) is 0 Å². The fourth-order valence-corrected chi connectivity index (χ4v) is 4.70. The summed E-state index contributed by atoms with van der Waals surface area (Å²) in [4.78, 5) is 15.1. The van der Waals surface area contributed by atoms with Crippen LogP contribution in [0.1, 0.15) is 22.3 Å². The molecule has 0 radical (unpaired) electrons. The van der Waals surface area contributed by atoms with E-state index >= 15 is 0 Å². The molecule has 30 heavy (non-hydrogen) atoms. The van der Waals surface area contributed by atoms with E-state index in [2.05, 4.69) is 4.98 Å². The Bertz CT molecular complexity index is 1400. The van der Waals surface area contributed by atoms with E-state index in [1.54, 1.807) is 6.20 Å². The molecule has 0 atom stereocenters. The number of aryl methyl sites for hydroxylation is 1. The first kappa shape index (κ1) is 20.4. The summed E-state index contributed by atoms with van der Waals surface area (Å²) in [7, 11) is -3.17. The number of halogens is 1. The molecule has 4 aromatic rings. The van der Waals surface area contributed by atoms with Crippen molar-refractivity contribution < 1.29 is 8.42 Å². The maximum Gasteiger partial charge on any atom is 0.272 e. The predicted molar refractivity (Wildman–Crippen MR) is 121 cm³/mol. The molecule has 2 heterocycles. The van der Waals surface area contributed by atoms with Gasteiger partial charge in [-0.3, -0.25) is 4.79 Å². The topological polar surface area (TPSA) is 71.4 Å². The molecule has 154 valence electrons. The van der Waals surface area contributed by atoms with E-state index in [1.807, 2.05) is 66.1 Å². The first-order valence-electron chi connectivity index (χ1n) is 9.45. The number of nitrogens with one attached hydrogen (secondary N) is 1. The summed E-state index contributed by atoms with van der Waals surface area (Å²) in [5, 5.41) is 0.676. The number of sulfone groups is 1. The van der Waals surface area contributed by atoms with Gasteiger partial charge in [-0.1, -0.05) is 35.9 Å². The number of hydrogen-bond acceptors (Lipinski definition) is 3. The average Bonchev–Trinajstić information content (AvgIpc) is 3.01. The second kappa shape index (κ2) is 7.78. The molecule has 0 spiro atoms. The third-order valence-corrected chi connectivity index (χ3v) is 6.18. The van der Waals surface area contributed by atoms with Crippen LogP contribution in [0, 0.1) is 6.92 Å². The third-order valence-electron chi connectivity index (χ3n) is 5.07. The predicted octanol–water partition coefficient (Wildman–Crippen LogP) is 4.39. The van der Waals surface area contributed by atoms with Gasteiger partial charge in [-0.15, -0.1) is 0 Å².